The molecule has 5 heteroatoms. The summed E-state index contributed by atoms with van der Waals surface area (Å²) in [5.74, 6) is -0.115. The summed E-state index contributed by atoms with van der Waals surface area (Å²) in [5.41, 5.74) is 6.87. The summed E-state index contributed by atoms with van der Waals surface area (Å²) in [7, 11) is 1.59. The van der Waals surface area contributed by atoms with E-state index in [0.29, 0.717) is 5.69 Å². The number of rotatable bonds is 2. The van der Waals surface area contributed by atoms with Gasteiger partial charge in [0.15, 0.2) is 11.5 Å². The predicted molar refractivity (Wildman–Crippen MR) is 81.7 cm³/mol. The second-order valence-electron chi connectivity index (χ2n) is 5.08. The molecule has 1 saturated heterocycles. The summed E-state index contributed by atoms with van der Waals surface area (Å²) >= 11 is 0. The SMILES string of the molecule is CN1C(=N)NC(c2ccccc2)(c2cccc(N)c2)C1=O. The van der Waals surface area contributed by atoms with Crippen LogP contribution in [0.15, 0.2) is 54.6 Å². The van der Waals surface area contributed by atoms with Crippen LogP contribution in [0.2, 0.25) is 0 Å². The normalized spacial score (nSPS) is 21.5. The first-order chi connectivity index (χ1) is 10.1. The largest absolute Gasteiger partial charge is 0.399 e. The van der Waals surface area contributed by atoms with Crippen molar-refractivity contribution in [1.82, 2.24) is 10.2 Å². The Hall–Kier alpha value is -2.82. The van der Waals surface area contributed by atoms with Crippen molar-refractivity contribution in [3.63, 3.8) is 0 Å². The quantitative estimate of drug-likeness (QED) is 0.729. The van der Waals surface area contributed by atoms with Gasteiger partial charge in [0.25, 0.3) is 5.91 Å². The van der Waals surface area contributed by atoms with Crippen molar-refractivity contribution in [3.05, 3.63) is 65.7 Å². The molecule has 1 atom stereocenters. The van der Waals surface area contributed by atoms with Gasteiger partial charge in [-0.1, -0.05) is 42.5 Å². The molecule has 0 spiro atoms. The van der Waals surface area contributed by atoms with Crippen molar-refractivity contribution < 1.29 is 4.79 Å². The van der Waals surface area contributed by atoms with E-state index in [1.807, 2.05) is 42.5 Å². The van der Waals surface area contributed by atoms with Gasteiger partial charge in [-0.05, 0) is 23.3 Å². The van der Waals surface area contributed by atoms with Gasteiger partial charge in [-0.15, -0.1) is 0 Å². The Bertz CT molecular complexity index is 713. The zero-order valence-corrected chi connectivity index (χ0v) is 11.6. The summed E-state index contributed by atoms with van der Waals surface area (Å²) in [6.07, 6.45) is 0. The van der Waals surface area contributed by atoms with E-state index in [1.165, 1.54) is 4.90 Å². The molecule has 2 aromatic carbocycles. The number of nitrogen functional groups attached to an aromatic ring is 1. The molecule has 1 fully saturated rings. The zero-order valence-electron chi connectivity index (χ0n) is 11.6. The van der Waals surface area contributed by atoms with Gasteiger partial charge in [0.2, 0.25) is 0 Å². The van der Waals surface area contributed by atoms with Crippen LogP contribution in [0.4, 0.5) is 5.69 Å². The molecular weight excluding hydrogens is 264 g/mol. The van der Waals surface area contributed by atoms with Crippen LogP contribution in [0.25, 0.3) is 0 Å². The van der Waals surface area contributed by atoms with Gasteiger partial charge in [-0.25, -0.2) is 0 Å². The van der Waals surface area contributed by atoms with Gasteiger partial charge in [-0.3, -0.25) is 15.1 Å². The molecular formula is C16H16N4O. The number of anilines is 1. The van der Waals surface area contributed by atoms with E-state index in [9.17, 15) is 4.79 Å². The fourth-order valence-electron chi connectivity index (χ4n) is 2.69. The zero-order chi connectivity index (χ0) is 15.0. The van der Waals surface area contributed by atoms with E-state index in [-0.39, 0.29) is 11.9 Å². The minimum atomic E-state index is -1.09. The number of carbonyl (C=O) groups is 1. The Morgan fingerprint density at radius 2 is 1.76 bits per heavy atom. The highest BCUT2D eigenvalue weighted by atomic mass is 16.2. The van der Waals surface area contributed by atoms with E-state index >= 15 is 0 Å². The Morgan fingerprint density at radius 3 is 2.33 bits per heavy atom. The highest BCUT2D eigenvalue weighted by molar-refractivity contribution is 6.10. The number of hydrogen-bond acceptors (Lipinski definition) is 3. The van der Waals surface area contributed by atoms with Gasteiger partial charge < -0.3 is 11.1 Å². The average molecular weight is 280 g/mol. The van der Waals surface area contributed by atoms with Crippen molar-refractivity contribution in [3.8, 4) is 0 Å². The molecule has 5 nitrogen and oxygen atoms in total. The van der Waals surface area contributed by atoms with Crippen LogP contribution >= 0.6 is 0 Å². The molecule has 4 N–H and O–H groups in total. The van der Waals surface area contributed by atoms with E-state index in [1.54, 1.807) is 19.2 Å². The third kappa shape index (κ3) is 1.86. The van der Waals surface area contributed by atoms with Crippen molar-refractivity contribution in [2.75, 3.05) is 12.8 Å². The van der Waals surface area contributed by atoms with Crippen molar-refractivity contribution in [1.29, 1.82) is 5.41 Å². The molecule has 1 heterocycles. The number of nitrogens with two attached hydrogens (primary N) is 1. The van der Waals surface area contributed by atoms with Gasteiger partial charge >= 0.3 is 0 Å². The first-order valence-corrected chi connectivity index (χ1v) is 6.62. The lowest BCUT2D eigenvalue weighted by Gasteiger charge is -2.28. The minimum Gasteiger partial charge on any atom is -0.399 e. The molecule has 1 amide bonds. The van der Waals surface area contributed by atoms with E-state index in [0.717, 1.165) is 11.1 Å². The van der Waals surface area contributed by atoms with E-state index in [4.69, 9.17) is 11.1 Å². The molecule has 0 saturated carbocycles. The summed E-state index contributed by atoms with van der Waals surface area (Å²) in [6, 6.07) is 16.6. The number of guanidine groups is 1. The number of carbonyl (C=O) groups excluding carboxylic acids is 1. The molecule has 0 radical (unpaired) electrons. The van der Waals surface area contributed by atoms with Crippen molar-refractivity contribution in [2.24, 2.45) is 0 Å². The first-order valence-electron chi connectivity index (χ1n) is 6.62. The third-order valence-corrected chi connectivity index (χ3v) is 3.79. The fourth-order valence-corrected chi connectivity index (χ4v) is 2.69. The second-order valence-corrected chi connectivity index (χ2v) is 5.08. The maximum absolute atomic E-state index is 12.8. The number of benzene rings is 2. The fraction of sp³-hybridized carbons (Fsp3) is 0.125. The molecule has 0 bridgehead atoms. The highest BCUT2D eigenvalue weighted by Crippen LogP contribution is 2.35. The van der Waals surface area contributed by atoms with Crippen molar-refractivity contribution >= 4 is 17.6 Å². The summed E-state index contributed by atoms with van der Waals surface area (Å²) in [6.45, 7) is 0. The monoisotopic (exact) mass is 280 g/mol. The van der Waals surface area contributed by atoms with E-state index < -0.39 is 5.54 Å². The van der Waals surface area contributed by atoms with Crippen LogP contribution in [0.5, 0.6) is 0 Å². The number of nitrogens with zero attached hydrogens (tertiary/aromatic N) is 1. The maximum atomic E-state index is 12.8. The van der Waals surface area contributed by atoms with Gasteiger partial charge in [-0.2, -0.15) is 0 Å². The van der Waals surface area contributed by atoms with Gasteiger partial charge in [0.05, 0.1) is 0 Å². The Morgan fingerprint density at radius 1 is 1.10 bits per heavy atom. The van der Waals surface area contributed by atoms with E-state index in [2.05, 4.69) is 5.32 Å². The lowest BCUT2D eigenvalue weighted by molar-refractivity contribution is -0.129. The first kappa shape index (κ1) is 13.2. The van der Waals surface area contributed by atoms with Crippen LogP contribution in [-0.2, 0) is 10.3 Å². The molecule has 1 aliphatic rings. The lowest BCUT2D eigenvalue weighted by Crippen LogP contribution is -2.45. The molecule has 1 aliphatic heterocycles. The molecule has 106 valence electrons. The Labute approximate surface area is 122 Å². The minimum absolute atomic E-state index is 0.0753. The number of amides is 1. The van der Waals surface area contributed by atoms with Crippen LogP contribution in [0.1, 0.15) is 11.1 Å². The average Bonchev–Trinajstić information content (AvgIpc) is 2.73. The number of nitrogens with one attached hydrogen (secondary N) is 2. The second kappa shape index (κ2) is 4.63. The standard InChI is InChI=1S/C16H16N4O/c1-20-14(21)16(19-15(20)18,11-6-3-2-4-7-11)12-8-5-9-13(17)10-12/h2-10H,17H2,1H3,(H2,18,19). The Balaban J connectivity index is 2.27. The van der Waals surface area contributed by atoms with Gasteiger partial charge in [0, 0.05) is 12.7 Å². The summed E-state index contributed by atoms with van der Waals surface area (Å²) in [4.78, 5) is 14.1. The predicted octanol–water partition coefficient (Wildman–Crippen LogP) is 1.51. The highest BCUT2D eigenvalue weighted by Gasteiger charge is 2.50. The third-order valence-electron chi connectivity index (χ3n) is 3.79. The molecule has 3 rings (SSSR count). The van der Waals surface area contributed by atoms with Crippen LogP contribution < -0.4 is 11.1 Å². The topological polar surface area (TPSA) is 82.2 Å². The number of likely N-dealkylation sites (N-methyl/N-ethyl adjacent to an activating group) is 1. The van der Waals surface area contributed by atoms with Crippen LogP contribution in [0, 0.1) is 5.41 Å². The molecule has 21 heavy (non-hydrogen) atoms. The van der Waals surface area contributed by atoms with Crippen LogP contribution in [-0.4, -0.2) is 23.8 Å². The number of hydrogen-bond donors (Lipinski definition) is 3. The van der Waals surface area contributed by atoms with Crippen molar-refractivity contribution in [2.45, 2.75) is 5.54 Å². The summed E-state index contributed by atoms with van der Waals surface area (Å²) in [5, 5.41) is 11.0. The lowest BCUT2D eigenvalue weighted by atomic mass is 9.82. The maximum Gasteiger partial charge on any atom is 0.264 e. The molecule has 1 unspecified atom stereocenters. The molecule has 0 aliphatic carbocycles. The molecule has 0 aromatic heterocycles. The Kier molecular flexibility index (Phi) is 2.90. The smallest absolute Gasteiger partial charge is 0.264 e. The summed E-state index contributed by atoms with van der Waals surface area (Å²) < 4.78 is 0. The van der Waals surface area contributed by atoms with Gasteiger partial charge in [0.1, 0.15) is 0 Å². The molecule has 2 aromatic rings. The van der Waals surface area contributed by atoms with Crippen LogP contribution in [0.3, 0.4) is 0 Å².